The summed E-state index contributed by atoms with van der Waals surface area (Å²) in [4.78, 5) is 39.6. The lowest BCUT2D eigenvalue weighted by Gasteiger charge is -2.21. The second kappa shape index (κ2) is 9.11. The third-order valence-electron chi connectivity index (χ3n) is 5.41. The molecule has 0 N–H and O–H groups in total. The molecule has 0 bridgehead atoms. The van der Waals surface area contributed by atoms with Crippen molar-refractivity contribution in [2.24, 2.45) is 0 Å². The third-order valence-corrected chi connectivity index (χ3v) is 5.41. The molecule has 1 saturated carbocycles. The predicted molar refractivity (Wildman–Crippen MR) is 115 cm³/mol. The first-order valence-electron chi connectivity index (χ1n) is 10.2. The first-order chi connectivity index (χ1) is 14.3. The van der Waals surface area contributed by atoms with Crippen molar-refractivity contribution < 1.29 is 19.1 Å². The van der Waals surface area contributed by atoms with Crippen molar-refractivity contribution in [1.29, 1.82) is 0 Å². The summed E-state index contributed by atoms with van der Waals surface area (Å²) in [5, 5.41) is 0. The van der Waals surface area contributed by atoms with Gasteiger partial charge in [0.1, 0.15) is 11.5 Å². The summed E-state index contributed by atoms with van der Waals surface area (Å²) in [6.07, 6.45) is 2.13. The molecule has 2 amide bonds. The van der Waals surface area contributed by atoms with Crippen LogP contribution in [0, 0.1) is 0 Å². The van der Waals surface area contributed by atoms with Gasteiger partial charge in [-0.1, -0.05) is 12.1 Å². The number of carbonyl (C=O) groups is 3. The highest BCUT2D eigenvalue weighted by Gasteiger charge is 2.30. The average molecular weight is 408 g/mol. The van der Waals surface area contributed by atoms with Gasteiger partial charge in [0, 0.05) is 49.8 Å². The van der Waals surface area contributed by atoms with Crippen LogP contribution in [-0.2, 0) is 11.3 Å². The fourth-order valence-electron chi connectivity index (χ4n) is 3.27. The average Bonchev–Trinajstić information content (AvgIpc) is 3.57. The van der Waals surface area contributed by atoms with Crippen LogP contribution in [0.4, 0.5) is 0 Å². The van der Waals surface area contributed by atoms with Crippen molar-refractivity contribution >= 4 is 17.6 Å². The number of Topliss-reactive ketones (excluding diaryl/α,β-unsaturated/α-hetero) is 1. The molecule has 1 fully saturated rings. The van der Waals surface area contributed by atoms with Gasteiger partial charge in [-0.3, -0.25) is 14.4 Å². The molecule has 3 rings (SSSR count). The van der Waals surface area contributed by atoms with Gasteiger partial charge in [-0.2, -0.15) is 0 Å². The van der Waals surface area contributed by atoms with Gasteiger partial charge in [-0.05, 0) is 57.0 Å². The summed E-state index contributed by atoms with van der Waals surface area (Å²) < 4.78 is 6.07. The van der Waals surface area contributed by atoms with Crippen LogP contribution < -0.4 is 4.74 Å². The maximum atomic E-state index is 12.5. The number of ether oxygens (including phenoxy) is 1. The molecule has 1 aliphatic carbocycles. The van der Waals surface area contributed by atoms with Crippen molar-refractivity contribution in [2.45, 2.75) is 46.2 Å². The maximum absolute atomic E-state index is 12.5. The Morgan fingerprint density at radius 3 is 2.17 bits per heavy atom. The van der Waals surface area contributed by atoms with E-state index in [4.69, 9.17) is 4.74 Å². The van der Waals surface area contributed by atoms with Crippen LogP contribution in [0.3, 0.4) is 0 Å². The largest absolute Gasteiger partial charge is 0.457 e. The van der Waals surface area contributed by atoms with E-state index in [0.29, 0.717) is 41.8 Å². The van der Waals surface area contributed by atoms with Crippen molar-refractivity contribution in [2.75, 3.05) is 13.6 Å². The quantitative estimate of drug-likeness (QED) is 0.612. The van der Waals surface area contributed by atoms with Gasteiger partial charge in [-0.15, -0.1) is 0 Å². The summed E-state index contributed by atoms with van der Waals surface area (Å²) in [7, 11) is 1.83. The van der Waals surface area contributed by atoms with Crippen LogP contribution in [0.5, 0.6) is 11.5 Å². The van der Waals surface area contributed by atoms with E-state index >= 15 is 0 Å². The van der Waals surface area contributed by atoms with E-state index < -0.39 is 0 Å². The number of ketones is 1. The van der Waals surface area contributed by atoms with Gasteiger partial charge in [0.15, 0.2) is 5.78 Å². The van der Waals surface area contributed by atoms with Gasteiger partial charge in [0.2, 0.25) is 5.91 Å². The molecule has 2 aromatic carbocycles. The molecule has 0 unspecified atom stereocenters. The van der Waals surface area contributed by atoms with Gasteiger partial charge in [0.05, 0.1) is 0 Å². The molecule has 158 valence electrons. The van der Waals surface area contributed by atoms with Crippen LogP contribution in [0.15, 0.2) is 42.5 Å². The summed E-state index contributed by atoms with van der Waals surface area (Å²) >= 11 is 0. The maximum Gasteiger partial charge on any atom is 0.253 e. The molecule has 0 saturated heterocycles. The minimum atomic E-state index is -0.0608. The molecule has 1 aliphatic rings. The van der Waals surface area contributed by atoms with Crippen LogP contribution in [0.1, 0.15) is 59.9 Å². The highest BCUT2D eigenvalue weighted by Crippen LogP contribution is 2.30. The second-order valence-corrected chi connectivity index (χ2v) is 7.69. The summed E-state index contributed by atoms with van der Waals surface area (Å²) in [6.45, 7) is 5.92. The minimum absolute atomic E-state index is 0.00311. The summed E-state index contributed by atoms with van der Waals surface area (Å²) in [5.74, 6) is 1.00. The molecule has 0 radical (unpaired) electrons. The molecule has 0 aromatic heterocycles. The predicted octanol–water partition coefficient (Wildman–Crippen LogP) is 4.28. The molecule has 0 atom stereocenters. The zero-order chi connectivity index (χ0) is 21.8. The first kappa shape index (κ1) is 21.6. The topological polar surface area (TPSA) is 66.9 Å². The Balaban J connectivity index is 1.83. The van der Waals surface area contributed by atoms with E-state index in [1.54, 1.807) is 46.2 Å². The normalized spacial score (nSPS) is 12.9. The number of hydrogen-bond donors (Lipinski definition) is 0. The zero-order valence-corrected chi connectivity index (χ0v) is 18.0. The Bertz CT molecular complexity index is 948. The van der Waals surface area contributed by atoms with Crippen molar-refractivity contribution in [3.8, 4) is 11.5 Å². The third kappa shape index (κ3) is 5.06. The Labute approximate surface area is 177 Å². The Hall–Kier alpha value is -3.15. The van der Waals surface area contributed by atoms with Crippen LogP contribution in [-0.4, -0.2) is 47.0 Å². The highest BCUT2D eigenvalue weighted by molar-refractivity contribution is 5.95. The number of nitrogens with zero attached hydrogens (tertiary/aromatic N) is 2. The Morgan fingerprint density at radius 1 is 1.00 bits per heavy atom. The minimum Gasteiger partial charge on any atom is -0.457 e. The number of amides is 2. The monoisotopic (exact) mass is 408 g/mol. The van der Waals surface area contributed by atoms with Gasteiger partial charge in [0.25, 0.3) is 5.91 Å². The standard InChI is InChI=1S/C24H28N2O4/c1-5-26(17(3)28)15-20-7-6-19(16(2)27)14-23(20)30-22-12-8-18(9-13-22)24(29)25(4)21-10-11-21/h6-9,12-14,21H,5,10-11,15H2,1-4H3. The molecule has 0 heterocycles. The van der Waals surface area contributed by atoms with Gasteiger partial charge < -0.3 is 14.5 Å². The van der Waals surface area contributed by atoms with Crippen LogP contribution >= 0.6 is 0 Å². The molecule has 2 aromatic rings. The van der Waals surface area contributed by atoms with E-state index in [-0.39, 0.29) is 17.6 Å². The number of hydrogen-bond acceptors (Lipinski definition) is 4. The molecule has 0 spiro atoms. The van der Waals surface area contributed by atoms with Crippen molar-refractivity contribution in [3.05, 3.63) is 59.2 Å². The first-order valence-corrected chi connectivity index (χ1v) is 10.2. The van der Waals surface area contributed by atoms with Gasteiger partial charge >= 0.3 is 0 Å². The molecular weight excluding hydrogens is 380 g/mol. The molecule has 6 nitrogen and oxygen atoms in total. The lowest BCUT2D eigenvalue weighted by molar-refractivity contribution is -0.129. The second-order valence-electron chi connectivity index (χ2n) is 7.69. The van der Waals surface area contributed by atoms with E-state index in [1.165, 1.54) is 13.8 Å². The zero-order valence-electron chi connectivity index (χ0n) is 18.0. The lowest BCUT2D eigenvalue weighted by atomic mass is 10.1. The van der Waals surface area contributed by atoms with Crippen molar-refractivity contribution in [1.82, 2.24) is 9.80 Å². The van der Waals surface area contributed by atoms with Crippen LogP contribution in [0.2, 0.25) is 0 Å². The number of carbonyl (C=O) groups excluding carboxylic acids is 3. The number of benzene rings is 2. The van der Waals surface area contributed by atoms with E-state index in [0.717, 1.165) is 18.4 Å². The summed E-state index contributed by atoms with van der Waals surface area (Å²) in [5.41, 5.74) is 1.96. The van der Waals surface area contributed by atoms with Crippen LogP contribution in [0.25, 0.3) is 0 Å². The Morgan fingerprint density at radius 2 is 1.63 bits per heavy atom. The Kier molecular flexibility index (Phi) is 6.55. The smallest absolute Gasteiger partial charge is 0.253 e. The number of rotatable bonds is 8. The molecule has 30 heavy (non-hydrogen) atoms. The van der Waals surface area contributed by atoms with Crippen molar-refractivity contribution in [3.63, 3.8) is 0 Å². The SMILES string of the molecule is CCN(Cc1ccc(C(C)=O)cc1Oc1ccc(C(=O)N(C)C2CC2)cc1)C(C)=O. The molecule has 6 heteroatoms. The molecular formula is C24H28N2O4. The fraction of sp³-hybridized carbons (Fsp3) is 0.375. The van der Waals surface area contributed by atoms with E-state index in [9.17, 15) is 14.4 Å². The fourth-order valence-corrected chi connectivity index (χ4v) is 3.27. The summed E-state index contributed by atoms with van der Waals surface area (Å²) in [6, 6.07) is 12.6. The molecule has 0 aliphatic heterocycles. The van der Waals surface area contributed by atoms with E-state index in [1.807, 2.05) is 20.0 Å². The van der Waals surface area contributed by atoms with Gasteiger partial charge in [-0.25, -0.2) is 0 Å². The lowest BCUT2D eigenvalue weighted by Crippen LogP contribution is -2.28. The highest BCUT2D eigenvalue weighted by atomic mass is 16.5. The van der Waals surface area contributed by atoms with E-state index in [2.05, 4.69) is 0 Å².